The normalized spacial score (nSPS) is 21.9. The summed E-state index contributed by atoms with van der Waals surface area (Å²) in [6, 6.07) is 0. The highest BCUT2D eigenvalue weighted by atomic mass is 16.3. The molecule has 15 heavy (non-hydrogen) atoms. The molecule has 0 radical (unpaired) electrons. The van der Waals surface area contributed by atoms with Crippen molar-refractivity contribution >= 4 is 0 Å². The fraction of sp³-hybridized carbons (Fsp3) is 0.857. The molecule has 1 saturated carbocycles. The van der Waals surface area contributed by atoms with Crippen LogP contribution in [0.15, 0.2) is 12.2 Å². The van der Waals surface area contributed by atoms with Crippen LogP contribution >= 0.6 is 0 Å². The quantitative estimate of drug-likeness (QED) is 0.682. The zero-order valence-electron chi connectivity index (χ0n) is 10.6. The van der Waals surface area contributed by atoms with Gasteiger partial charge in [0.2, 0.25) is 0 Å². The van der Waals surface area contributed by atoms with Crippen LogP contribution in [0.1, 0.15) is 59.3 Å². The second-order valence-corrected chi connectivity index (χ2v) is 5.84. The molecule has 88 valence electrons. The molecule has 0 bridgehead atoms. The molecule has 1 aliphatic rings. The van der Waals surface area contributed by atoms with Crippen LogP contribution in [0.3, 0.4) is 0 Å². The lowest BCUT2D eigenvalue weighted by Crippen LogP contribution is -2.34. The van der Waals surface area contributed by atoms with Crippen LogP contribution in [0.25, 0.3) is 0 Å². The van der Waals surface area contributed by atoms with E-state index in [0.29, 0.717) is 5.92 Å². The van der Waals surface area contributed by atoms with Gasteiger partial charge in [0.15, 0.2) is 0 Å². The van der Waals surface area contributed by atoms with Gasteiger partial charge in [0.1, 0.15) is 0 Å². The lowest BCUT2D eigenvalue weighted by Gasteiger charge is -2.36. The van der Waals surface area contributed by atoms with Gasteiger partial charge in [-0.15, -0.1) is 6.58 Å². The Morgan fingerprint density at radius 3 is 2.27 bits per heavy atom. The van der Waals surface area contributed by atoms with E-state index in [1.54, 1.807) is 0 Å². The zero-order chi connectivity index (χ0) is 11.5. The van der Waals surface area contributed by atoms with Crippen LogP contribution in [0.2, 0.25) is 0 Å². The van der Waals surface area contributed by atoms with Crippen LogP contribution in [0.4, 0.5) is 0 Å². The second-order valence-electron chi connectivity index (χ2n) is 5.84. The Bertz CT molecular complexity index is 211. The molecule has 1 unspecified atom stereocenters. The van der Waals surface area contributed by atoms with E-state index < -0.39 is 0 Å². The maximum atomic E-state index is 10.4. The number of aliphatic hydroxyl groups is 1. The third kappa shape index (κ3) is 3.34. The molecule has 1 atom stereocenters. The average molecular weight is 210 g/mol. The fourth-order valence-electron chi connectivity index (χ4n) is 3.11. The minimum atomic E-state index is -0.167. The van der Waals surface area contributed by atoms with Gasteiger partial charge in [-0.1, -0.05) is 32.3 Å². The van der Waals surface area contributed by atoms with Gasteiger partial charge in [-0.3, -0.25) is 0 Å². The molecule has 0 aromatic rings. The summed E-state index contributed by atoms with van der Waals surface area (Å²) in [6.45, 7) is 10.4. The molecule has 0 saturated heterocycles. The smallest absolute Gasteiger partial charge is 0.0633 e. The molecule has 1 aliphatic carbocycles. The first kappa shape index (κ1) is 12.8. The van der Waals surface area contributed by atoms with Gasteiger partial charge in [-0.05, 0) is 43.9 Å². The number of rotatable bonds is 5. The molecule has 0 aromatic heterocycles. The molecular weight excluding hydrogens is 184 g/mol. The molecule has 0 spiro atoms. The van der Waals surface area contributed by atoms with E-state index in [-0.39, 0.29) is 11.5 Å². The minimum absolute atomic E-state index is 0.167. The number of hydrogen-bond acceptors (Lipinski definition) is 1. The first-order valence-corrected chi connectivity index (χ1v) is 6.29. The van der Waals surface area contributed by atoms with E-state index in [1.165, 1.54) is 32.1 Å². The van der Waals surface area contributed by atoms with Gasteiger partial charge in [-0.2, -0.15) is 0 Å². The molecule has 0 aliphatic heterocycles. The monoisotopic (exact) mass is 210 g/mol. The van der Waals surface area contributed by atoms with Gasteiger partial charge < -0.3 is 5.11 Å². The molecular formula is C14H26O. The summed E-state index contributed by atoms with van der Waals surface area (Å²) < 4.78 is 0. The molecule has 0 amide bonds. The van der Waals surface area contributed by atoms with Crippen molar-refractivity contribution < 1.29 is 5.11 Å². The van der Waals surface area contributed by atoms with E-state index in [4.69, 9.17) is 0 Å². The zero-order valence-corrected chi connectivity index (χ0v) is 10.6. The van der Waals surface area contributed by atoms with Crippen molar-refractivity contribution in [3.8, 4) is 0 Å². The molecule has 1 heteroatoms. The van der Waals surface area contributed by atoms with Crippen molar-refractivity contribution in [3.63, 3.8) is 0 Å². The SMILES string of the molecule is C=C(C)CC(O)C1(CC(C)C)CCCC1. The van der Waals surface area contributed by atoms with Crippen molar-refractivity contribution in [1.29, 1.82) is 0 Å². The van der Waals surface area contributed by atoms with Gasteiger partial charge in [0, 0.05) is 0 Å². The van der Waals surface area contributed by atoms with Crippen molar-refractivity contribution in [3.05, 3.63) is 12.2 Å². The van der Waals surface area contributed by atoms with Crippen molar-refractivity contribution in [2.75, 3.05) is 0 Å². The van der Waals surface area contributed by atoms with E-state index in [9.17, 15) is 5.11 Å². The maximum Gasteiger partial charge on any atom is 0.0633 e. The third-order valence-corrected chi connectivity index (χ3v) is 3.66. The standard InChI is InChI=1S/C14H26O/c1-11(2)9-13(15)14(10-12(3)4)7-5-6-8-14/h12-13,15H,1,5-10H2,2-4H3. The molecule has 1 fully saturated rings. The third-order valence-electron chi connectivity index (χ3n) is 3.66. The van der Waals surface area contributed by atoms with Crippen molar-refractivity contribution in [2.24, 2.45) is 11.3 Å². The van der Waals surface area contributed by atoms with E-state index in [2.05, 4.69) is 20.4 Å². The van der Waals surface area contributed by atoms with Gasteiger partial charge in [-0.25, -0.2) is 0 Å². The predicted molar refractivity (Wildman–Crippen MR) is 65.8 cm³/mol. The van der Waals surface area contributed by atoms with E-state index >= 15 is 0 Å². The largest absolute Gasteiger partial charge is 0.392 e. The number of aliphatic hydroxyl groups excluding tert-OH is 1. The highest BCUT2D eigenvalue weighted by Crippen LogP contribution is 2.47. The predicted octanol–water partition coefficient (Wildman–Crippen LogP) is 3.92. The minimum Gasteiger partial charge on any atom is -0.392 e. The van der Waals surface area contributed by atoms with Crippen molar-refractivity contribution in [2.45, 2.75) is 65.4 Å². The van der Waals surface area contributed by atoms with Crippen LogP contribution in [-0.2, 0) is 0 Å². The molecule has 1 rings (SSSR count). The summed E-state index contributed by atoms with van der Waals surface area (Å²) in [5.41, 5.74) is 1.31. The summed E-state index contributed by atoms with van der Waals surface area (Å²) in [5, 5.41) is 10.4. The second kappa shape index (κ2) is 5.16. The van der Waals surface area contributed by atoms with Crippen LogP contribution in [-0.4, -0.2) is 11.2 Å². The van der Waals surface area contributed by atoms with Crippen LogP contribution < -0.4 is 0 Å². The summed E-state index contributed by atoms with van der Waals surface area (Å²) >= 11 is 0. The molecule has 1 nitrogen and oxygen atoms in total. The Morgan fingerprint density at radius 1 is 1.33 bits per heavy atom. The van der Waals surface area contributed by atoms with Crippen molar-refractivity contribution in [1.82, 2.24) is 0 Å². The van der Waals surface area contributed by atoms with Crippen LogP contribution in [0.5, 0.6) is 0 Å². The molecule has 1 N–H and O–H groups in total. The molecule has 0 aromatic carbocycles. The van der Waals surface area contributed by atoms with Gasteiger partial charge >= 0.3 is 0 Å². The van der Waals surface area contributed by atoms with E-state index in [1.807, 2.05) is 6.92 Å². The Hall–Kier alpha value is -0.300. The molecule has 0 heterocycles. The Balaban J connectivity index is 2.67. The lowest BCUT2D eigenvalue weighted by molar-refractivity contribution is 0.0135. The topological polar surface area (TPSA) is 20.2 Å². The average Bonchev–Trinajstić information content (AvgIpc) is 2.51. The summed E-state index contributed by atoms with van der Waals surface area (Å²) in [6.07, 6.45) is 6.78. The number of hydrogen-bond donors (Lipinski definition) is 1. The highest BCUT2D eigenvalue weighted by molar-refractivity contribution is 4.99. The Labute approximate surface area is 94.6 Å². The Kier molecular flexibility index (Phi) is 4.39. The summed E-state index contributed by atoms with van der Waals surface area (Å²) in [5.74, 6) is 0.683. The van der Waals surface area contributed by atoms with Crippen LogP contribution in [0, 0.1) is 11.3 Å². The summed E-state index contributed by atoms with van der Waals surface area (Å²) in [4.78, 5) is 0. The fourth-order valence-corrected chi connectivity index (χ4v) is 3.11. The van der Waals surface area contributed by atoms with Gasteiger partial charge in [0.05, 0.1) is 6.10 Å². The maximum absolute atomic E-state index is 10.4. The highest BCUT2D eigenvalue weighted by Gasteiger charge is 2.40. The van der Waals surface area contributed by atoms with Gasteiger partial charge in [0.25, 0.3) is 0 Å². The Morgan fingerprint density at radius 2 is 1.87 bits per heavy atom. The first-order valence-electron chi connectivity index (χ1n) is 6.29. The van der Waals surface area contributed by atoms with E-state index in [0.717, 1.165) is 12.0 Å². The summed E-state index contributed by atoms with van der Waals surface area (Å²) in [7, 11) is 0. The first-order chi connectivity index (χ1) is 6.96. The lowest BCUT2D eigenvalue weighted by atomic mass is 9.72.